The minimum absolute atomic E-state index is 0.0158. The summed E-state index contributed by atoms with van der Waals surface area (Å²) < 4.78 is 43.5. The topological polar surface area (TPSA) is 51.1 Å². The van der Waals surface area contributed by atoms with Crippen LogP contribution in [-0.2, 0) is 6.18 Å². The molecule has 25 heavy (non-hydrogen) atoms. The summed E-state index contributed by atoms with van der Waals surface area (Å²) in [7, 11) is 0. The highest BCUT2D eigenvalue weighted by Crippen LogP contribution is 2.29. The van der Waals surface area contributed by atoms with Crippen molar-refractivity contribution in [2.75, 3.05) is 24.6 Å². The van der Waals surface area contributed by atoms with Gasteiger partial charge in [0.15, 0.2) is 0 Å². The largest absolute Gasteiger partial charge is 0.477 e. The molecule has 1 fully saturated rings. The third-order valence-corrected chi connectivity index (χ3v) is 4.25. The van der Waals surface area contributed by atoms with E-state index in [9.17, 15) is 13.2 Å². The van der Waals surface area contributed by atoms with Crippen LogP contribution >= 0.6 is 0 Å². The van der Waals surface area contributed by atoms with Gasteiger partial charge in [0.25, 0.3) is 0 Å². The maximum Gasteiger partial charge on any atom is 0.433 e. The minimum atomic E-state index is -4.46. The Labute approximate surface area is 143 Å². The molecule has 0 spiro atoms. The van der Waals surface area contributed by atoms with Gasteiger partial charge in [0.1, 0.15) is 11.5 Å². The van der Waals surface area contributed by atoms with E-state index in [0.717, 1.165) is 43.5 Å². The molecule has 1 saturated heterocycles. The number of hydrogen-bond acceptors (Lipinski definition) is 5. The van der Waals surface area contributed by atoms with Gasteiger partial charge < -0.3 is 9.64 Å². The van der Waals surface area contributed by atoms with Gasteiger partial charge in [0.05, 0.1) is 12.3 Å². The first kappa shape index (κ1) is 17.4. The Morgan fingerprint density at radius 2 is 1.88 bits per heavy atom. The van der Waals surface area contributed by atoms with Crippen molar-refractivity contribution in [1.29, 1.82) is 0 Å². The molecule has 8 heteroatoms. The number of anilines is 1. The summed E-state index contributed by atoms with van der Waals surface area (Å²) in [6.07, 6.45) is 0.654. The van der Waals surface area contributed by atoms with Crippen LogP contribution in [0.3, 0.4) is 0 Å². The van der Waals surface area contributed by atoms with E-state index in [2.05, 4.69) is 19.9 Å². The fourth-order valence-corrected chi connectivity index (χ4v) is 2.88. The molecular weight excluding hydrogens is 333 g/mol. The zero-order valence-corrected chi connectivity index (χ0v) is 13.8. The standard InChI is InChI=1S/C17H19F3N4O/c1-12-16(22-8-7-21-12)24-9-5-13(6-10-24)11-25-15-4-2-3-14(23-15)17(18,19)20/h2-4,7-8,13H,5-6,9-11H2,1H3. The molecule has 0 bridgehead atoms. The number of piperidine rings is 1. The normalized spacial score (nSPS) is 16.1. The lowest BCUT2D eigenvalue weighted by atomic mass is 9.98. The summed E-state index contributed by atoms with van der Waals surface area (Å²) in [6.45, 7) is 3.94. The number of nitrogens with zero attached hydrogens (tertiary/aromatic N) is 4. The highest BCUT2D eigenvalue weighted by atomic mass is 19.4. The molecule has 0 saturated carbocycles. The van der Waals surface area contributed by atoms with E-state index in [4.69, 9.17) is 4.74 Å². The predicted octanol–water partition coefficient (Wildman–Crippen LogP) is 3.49. The number of aryl methyl sites for hydroxylation is 1. The molecule has 3 heterocycles. The molecule has 5 nitrogen and oxygen atoms in total. The van der Waals surface area contributed by atoms with Crippen molar-refractivity contribution in [3.63, 3.8) is 0 Å². The maximum absolute atomic E-state index is 12.7. The van der Waals surface area contributed by atoms with Crippen molar-refractivity contribution >= 4 is 5.82 Å². The van der Waals surface area contributed by atoms with Gasteiger partial charge in [0.2, 0.25) is 5.88 Å². The number of pyridine rings is 1. The number of hydrogen-bond donors (Lipinski definition) is 0. The molecule has 1 aliphatic heterocycles. The molecule has 0 atom stereocenters. The number of halogens is 3. The first-order valence-corrected chi connectivity index (χ1v) is 8.13. The molecule has 0 aromatic carbocycles. The molecule has 134 valence electrons. The maximum atomic E-state index is 12.7. The fraction of sp³-hybridized carbons (Fsp3) is 0.471. The summed E-state index contributed by atoms with van der Waals surface area (Å²) in [5, 5.41) is 0. The monoisotopic (exact) mass is 352 g/mol. The minimum Gasteiger partial charge on any atom is -0.477 e. The van der Waals surface area contributed by atoms with E-state index < -0.39 is 11.9 Å². The predicted molar refractivity (Wildman–Crippen MR) is 86.4 cm³/mol. The smallest absolute Gasteiger partial charge is 0.433 e. The van der Waals surface area contributed by atoms with E-state index in [0.29, 0.717) is 6.61 Å². The lowest BCUT2D eigenvalue weighted by molar-refractivity contribution is -0.141. The van der Waals surface area contributed by atoms with Crippen LogP contribution in [-0.4, -0.2) is 34.6 Å². The molecule has 2 aromatic rings. The van der Waals surface area contributed by atoms with Crippen molar-refractivity contribution in [2.45, 2.75) is 25.9 Å². The second-order valence-electron chi connectivity index (χ2n) is 6.07. The highest BCUT2D eigenvalue weighted by molar-refractivity contribution is 5.42. The third-order valence-electron chi connectivity index (χ3n) is 4.25. The lowest BCUT2D eigenvalue weighted by Crippen LogP contribution is -2.36. The Hall–Kier alpha value is -2.38. The molecule has 2 aromatic heterocycles. The summed E-state index contributed by atoms with van der Waals surface area (Å²) in [6, 6.07) is 3.70. The number of ether oxygens (including phenoxy) is 1. The first-order chi connectivity index (χ1) is 11.9. The molecule has 0 aliphatic carbocycles. The van der Waals surface area contributed by atoms with E-state index in [1.807, 2.05) is 6.92 Å². The van der Waals surface area contributed by atoms with Gasteiger partial charge in [-0.2, -0.15) is 13.2 Å². The van der Waals surface area contributed by atoms with Gasteiger partial charge in [-0.25, -0.2) is 9.97 Å². The zero-order chi connectivity index (χ0) is 17.9. The van der Waals surface area contributed by atoms with Crippen LogP contribution in [0.2, 0.25) is 0 Å². The van der Waals surface area contributed by atoms with Gasteiger partial charge in [-0.1, -0.05) is 6.07 Å². The van der Waals surface area contributed by atoms with Crippen LogP contribution < -0.4 is 9.64 Å². The lowest BCUT2D eigenvalue weighted by Gasteiger charge is -2.33. The van der Waals surface area contributed by atoms with Crippen LogP contribution in [0.1, 0.15) is 24.2 Å². The highest BCUT2D eigenvalue weighted by Gasteiger charge is 2.32. The number of aromatic nitrogens is 3. The first-order valence-electron chi connectivity index (χ1n) is 8.13. The van der Waals surface area contributed by atoms with Crippen molar-refractivity contribution in [2.24, 2.45) is 5.92 Å². The van der Waals surface area contributed by atoms with Crippen molar-refractivity contribution in [3.05, 3.63) is 42.0 Å². The molecule has 0 amide bonds. The van der Waals surface area contributed by atoms with Gasteiger partial charge in [-0.15, -0.1) is 0 Å². The molecule has 3 rings (SSSR count). The van der Waals surface area contributed by atoms with E-state index in [1.54, 1.807) is 12.4 Å². The number of alkyl halides is 3. The Balaban J connectivity index is 1.52. The SMILES string of the molecule is Cc1nccnc1N1CCC(COc2cccc(C(F)(F)F)n2)CC1. The Morgan fingerprint density at radius 1 is 1.16 bits per heavy atom. The fourth-order valence-electron chi connectivity index (χ4n) is 2.88. The second kappa shape index (κ2) is 7.25. The Bertz CT molecular complexity index is 715. The van der Waals surface area contributed by atoms with Crippen molar-refractivity contribution in [3.8, 4) is 5.88 Å². The summed E-state index contributed by atoms with van der Waals surface area (Å²) in [4.78, 5) is 14.3. The van der Waals surface area contributed by atoms with Gasteiger partial charge in [0, 0.05) is 31.5 Å². The molecule has 0 unspecified atom stereocenters. The van der Waals surface area contributed by atoms with E-state index >= 15 is 0 Å². The summed E-state index contributed by atoms with van der Waals surface area (Å²) in [5.41, 5.74) is -0.0386. The molecule has 0 radical (unpaired) electrons. The number of rotatable bonds is 4. The summed E-state index contributed by atoms with van der Waals surface area (Å²) in [5.74, 6) is 1.19. The van der Waals surface area contributed by atoms with Crippen LogP contribution in [0.25, 0.3) is 0 Å². The molecular formula is C17H19F3N4O. The van der Waals surface area contributed by atoms with Crippen molar-refractivity contribution in [1.82, 2.24) is 15.0 Å². The third kappa shape index (κ3) is 4.37. The van der Waals surface area contributed by atoms with Gasteiger partial charge in [-0.05, 0) is 31.7 Å². The van der Waals surface area contributed by atoms with Crippen LogP contribution in [0.4, 0.5) is 19.0 Å². The van der Waals surface area contributed by atoms with E-state index in [-0.39, 0.29) is 11.8 Å². The Morgan fingerprint density at radius 3 is 2.56 bits per heavy atom. The van der Waals surface area contributed by atoms with Crippen LogP contribution in [0.5, 0.6) is 5.88 Å². The quantitative estimate of drug-likeness (QED) is 0.843. The average Bonchev–Trinajstić information content (AvgIpc) is 2.60. The van der Waals surface area contributed by atoms with Gasteiger partial charge >= 0.3 is 6.18 Å². The Kier molecular flexibility index (Phi) is 5.06. The zero-order valence-electron chi connectivity index (χ0n) is 13.8. The van der Waals surface area contributed by atoms with Crippen LogP contribution in [0, 0.1) is 12.8 Å². The summed E-state index contributed by atoms with van der Waals surface area (Å²) >= 11 is 0. The molecule has 0 N–H and O–H groups in total. The second-order valence-corrected chi connectivity index (χ2v) is 6.07. The van der Waals surface area contributed by atoms with Gasteiger partial charge in [-0.3, -0.25) is 4.98 Å². The van der Waals surface area contributed by atoms with E-state index in [1.165, 1.54) is 12.1 Å². The van der Waals surface area contributed by atoms with Crippen LogP contribution in [0.15, 0.2) is 30.6 Å². The molecule has 1 aliphatic rings. The van der Waals surface area contributed by atoms with Crippen molar-refractivity contribution < 1.29 is 17.9 Å². The average molecular weight is 352 g/mol.